The molecule has 2 heteroatoms. The molecule has 0 amide bonds. The summed E-state index contributed by atoms with van der Waals surface area (Å²) in [6, 6.07) is 13.7. The van der Waals surface area contributed by atoms with Gasteiger partial charge >= 0.3 is 0 Å². The van der Waals surface area contributed by atoms with Gasteiger partial charge in [-0.25, -0.2) is 9.13 Å². The Morgan fingerprint density at radius 3 is 1.29 bits per heavy atom. The Balaban J connectivity index is 1.42. The van der Waals surface area contributed by atoms with Crippen LogP contribution in [0.25, 0.3) is 0 Å². The third kappa shape index (κ3) is 5.76. The number of hydrogen-bond acceptors (Lipinski definition) is 0. The maximum Gasteiger partial charge on any atom is 0.171 e. The molecule has 0 radical (unpaired) electrons. The summed E-state index contributed by atoms with van der Waals surface area (Å²) in [5.41, 5.74) is 8.34. The Morgan fingerprint density at radius 2 is 0.929 bits per heavy atom. The van der Waals surface area contributed by atoms with Crippen LogP contribution in [-0.4, -0.2) is 0 Å². The Bertz CT molecular complexity index is 834. The van der Waals surface area contributed by atoms with Crippen LogP contribution in [-0.2, 0) is 25.9 Å². The van der Waals surface area contributed by atoms with Crippen molar-refractivity contribution in [1.29, 1.82) is 0 Å². The van der Waals surface area contributed by atoms with Crippen LogP contribution in [0.15, 0.2) is 61.2 Å². The molecule has 0 spiro atoms. The molecule has 28 heavy (non-hydrogen) atoms. The minimum Gasteiger partial charge on any atom is -0.205 e. The zero-order valence-electron chi connectivity index (χ0n) is 17.9. The van der Waals surface area contributed by atoms with Crippen molar-refractivity contribution < 1.29 is 9.13 Å². The molecule has 0 aliphatic carbocycles. The fourth-order valence-corrected chi connectivity index (χ4v) is 3.55. The Kier molecular flexibility index (Phi) is 6.97. The number of aryl methyl sites for hydroxylation is 8. The van der Waals surface area contributed by atoms with Gasteiger partial charge in [0.1, 0.15) is 13.1 Å². The molecule has 0 saturated heterocycles. The van der Waals surface area contributed by atoms with E-state index in [0.29, 0.717) is 0 Å². The van der Waals surface area contributed by atoms with Gasteiger partial charge in [0.05, 0.1) is 0 Å². The van der Waals surface area contributed by atoms with Gasteiger partial charge in [0, 0.05) is 36.1 Å². The lowest BCUT2D eigenvalue weighted by Gasteiger charge is -2.04. The molecule has 0 unspecified atom stereocenters. The van der Waals surface area contributed by atoms with Crippen molar-refractivity contribution in [1.82, 2.24) is 0 Å². The van der Waals surface area contributed by atoms with Gasteiger partial charge in [0.2, 0.25) is 0 Å². The standard InChI is InChI=1S/C26H34N2/c1-21-13-17-27(19-23(21)3)15-5-7-25-9-11-26(12-10-25)8-6-16-28-18-14-22(2)24(4)20-28/h9-14,17-20H,5-8,15-16H2,1-4H3/q+2. The van der Waals surface area contributed by atoms with Gasteiger partial charge in [-0.15, -0.1) is 0 Å². The van der Waals surface area contributed by atoms with E-state index in [1.54, 1.807) is 0 Å². The van der Waals surface area contributed by atoms with Crippen molar-refractivity contribution >= 4 is 0 Å². The van der Waals surface area contributed by atoms with Crippen LogP contribution in [0.1, 0.15) is 46.2 Å². The van der Waals surface area contributed by atoms with E-state index in [0.717, 1.165) is 25.9 Å². The number of pyridine rings is 2. The number of benzene rings is 1. The average Bonchev–Trinajstić information content (AvgIpc) is 2.69. The number of hydrogen-bond donors (Lipinski definition) is 0. The van der Waals surface area contributed by atoms with Crippen LogP contribution in [0.4, 0.5) is 0 Å². The number of aromatic nitrogens is 2. The van der Waals surface area contributed by atoms with Crippen molar-refractivity contribution in [2.24, 2.45) is 0 Å². The number of rotatable bonds is 8. The van der Waals surface area contributed by atoms with Crippen molar-refractivity contribution in [3.63, 3.8) is 0 Å². The first kappa shape index (κ1) is 20.3. The normalized spacial score (nSPS) is 11.0. The Labute approximate surface area is 170 Å². The molecule has 146 valence electrons. The summed E-state index contributed by atoms with van der Waals surface area (Å²) in [4.78, 5) is 0. The summed E-state index contributed by atoms with van der Waals surface area (Å²) < 4.78 is 4.61. The predicted octanol–water partition coefficient (Wildman–Crippen LogP) is 4.76. The average molecular weight is 375 g/mol. The molecule has 0 bridgehead atoms. The largest absolute Gasteiger partial charge is 0.205 e. The topological polar surface area (TPSA) is 7.76 Å². The van der Waals surface area contributed by atoms with E-state index < -0.39 is 0 Å². The molecule has 0 aliphatic heterocycles. The van der Waals surface area contributed by atoms with E-state index in [4.69, 9.17) is 0 Å². The monoisotopic (exact) mass is 374 g/mol. The van der Waals surface area contributed by atoms with E-state index in [9.17, 15) is 0 Å². The molecule has 3 aromatic rings. The van der Waals surface area contributed by atoms with Gasteiger partial charge < -0.3 is 0 Å². The van der Waals surface area contributed by atoms with Gasteiger partial charge in [-0.05, 0) is 62.8 Å². The molecule has 0 atom stereocenters. The minimum atomic E-state index is 1.08. The molecular formula is C26H34N2+2. The van der Waals surface area contributed by atoms with E-state index in [-0.39, 0.29) is 0 Å². The van der Waals surface area contributed by atoms with Crippen LogP contribution in [0.2, 0.25) is 0 Å². The highest BCUT2D eigenvalue weighted by molar-refractivity contribution is 5.22. The van der Waals surface area contributed by atoms with Crippen molar-refractivity contribution in [3.05, 3.63) is 94.6 Å². The number of nitrogens with zero attached hydrogens (tertiary/aromatic N) is 2. The fraction of sp³-hybridized carbons (Fsp3) is 0.385. The molecule has 0 N–H and O–H groups in total. The third-order valence-corrected chi connectivity index (χ3v) is 5.78. The molecule has 1 aromatic carbocycles. The highest BCUT2D eigenvalue weighted by atomic mass is 14.9. The minimum absolute atomic E-state index is 1.08. The van der Waals surface area contributed by atoms with Crippen LogP contribution in [0, 0.1) is 27.7 Å². The lowest BCUT2D eigenvalue weighted by atomic mass is 10.0. The molecule has 2 nitrogen and oxygen atoms in total. The van der Waals surface area contributed by atoms with Gasteiger partial charge in [-0.2, -0.15) is 0 Å². The summed E-state index contributed by atoms with van der Waals surface area (Å²) in [7, 11) is 0. The second kappa shape index (κ2) is 9.64. The maximum absolute atomic E-state index is 2.31. The molecule has 0 fully saturated rings. The first-order valence-electron chi connectivity index (χ1n) is 10.5. The molecular weight excluding hydrogens is 340 g/mol. The fourth-order valence-electron chi connectivity index (χ4n) is 3.55. The highest BCUT2D eigenvalue weighted by Crippen LogP contribution is 2.09. The zero-order valence-corrected chi connectivity index (χ0v) is 17.9. The van der Waals surface area contributed by atoms with Crippen LogP contribution in [0.3, 0.4) is 0 Å². The smallest absolute Gasteiger partial charge is 0.171 e. The summed E-state index contributed by atoms with van der Waals surface area (Å²) in [6.07, 6.45) is 13.5. The lowest BCUT2D eigenvalue weighted by Crippen LogP contribution is -2.33. The van der Waals surface area contributed by atoms with Crippen LogP contribution >= 0.6 is 0 Å². The quantitative estimate of drug-likeness (QED) is 0.502. The van der Waals surface area contributed by atoms with Crippen molar-refractivity contribution in [2.75, 3.05) is 0 Å². The maximum atomic E-state index is 2.31. The van der Waals surface area contributed by atoms with E-state index in [1.807, 2.05) is 0 Å². The molecule has 3 rings (SSSR count). The van der Waals surface area contributed by atoms with Gasteiger partial charge in [0.25, 0.3) is 0 Å². The third-order valence-electron chi connectivity index (χ3n) is 5.78. The lowest BCUT2D eigenvalue weighted by molar-refractivity contribution is -0.697. The van der Waals surface area contributed by atoms with E-state index in [1.165, 1.54) is 46.2 Å². The predicted molar refractivity (Wildman–Crippen MR) is 115 cm³/mol. The second-order valence-electron chi connectivity index (χ2n) is 8.12. The van der Waals surface area contributed by atoms with Gasteiger partial charge in [-0.1, -0.05) is 24.3 Å². The first-order valence-corrected chi connectivity index (χ1v) is 10.5. The van der Waals surface area contributed by atoms with Crippen LogP contribution in [0.5, 0.6) is 0 Å². The molecule has 2 aromatic heterocycles. The van der Waals surface area contributed by atoms with Gasteiger partial charge in [0.15, 0.2) is 24.8 Å². The molecule has 0 saturated carbocycles. The SMILES string of the molecule is Cc1cc[n+](CCCc2ccc(CCC[n+]3ccc(C)c(C)c3)cc2)cc1C. The summed E-state index contributed by atoms with van der Waals surface area (Å²) in [6.45, 7) is 10.9. The van der Waals surface area contributed by atoms with Gasteiger partial charge in [-0.3, -0.25) is 0 Å². The van der Waals surface area contributed by atoms with Crippen molar-refractivity contribution in [3.8, 4) is 0 Å². The van der Waals surface area contributed by atoms with Crippen molar-refractivity contribution in [2.45, 2.75) is 66.5 Å². The van der Waals surface area contributed by atoms with E-state index >= 15 is 0 Å². The first-order chi connectivity index (χ1) is 13.5. The Hall–Kier alpha value is -2.48. The van der Waals surface area contributed by atoms with E-state index in [2.05, 4.69) is 98.0 Å². The second-order valence-corrected chi connectivity index (χ2v) is 8.12. The Morgan fingerprint density at radius 1 is 0.536 bits per heavy atom. The summed E-state index contributed by atoms with van der Waals surface area (Å²) in [5, 5.41) is 0. The zero-order chi connectivity index (χ0) is 19.9. The highest BCUT2D eigenvalue weighted by Gasteiger charge is 2.05. The molecule has 0 aliphatic rings. The summed E-state index contributed by atoms with van der Waals surface area (Å²) in [5.74, 6) is 0. The molecule has 2 heterocycles. The van der Waals surface area contributed by atoms with Crippen LogP contribution < -0.4 is 9.13 Å². The summed E-state index contributed by atoms with van der Waals surface area (Å²) >= 11 is 0.